The molecule has 1 aromatic heterocycles. The van der Waals surface area contributed by atoms with E-state index in [1.165, 1.54) is 11.6 Å². The van der Waals surface area contributed by atoms with Crippen molar-refractivity contribution in [1.29, 1.82) is 0 Å². The van der Waals surface area contributed by atoms with Crippen molar-refractivity contribution in [3.8, 4) is 17.0 Å². The van der Waals surface area contributed by atoms with Crippen LogP contribution in [0.5, 0.6) is 5.75 Å². The Labute approximate surface area is 305 Å². The van der Waals surface area contributed by atoms with Crippen molar-refractivity contribution in [2.24, 2.45) is 7.05 Å². The van der Waals surface area contributed by atoms with Crippen molar-refractivity contribution in [2.75, 3.05) is 53.0 Å². The second-order valence-corrected chi connectivity index (χ2v) is 14.9. The van der Waals surface area contributed by atoms with Crippen LogP contribution in [-0.2, 0) is 48.9 Å². The van der Waals surface area contributed by atoms with Gasteiger partial charge >= 0.3 is 0 Å². The summed E-state index contributed by atoms with van der Waals surface area (Å²) in [6.07, 6.45) is 2.14. The molecule has 4 heterocycles. The molecule has 3 aliphatic rings. The summed E-state index contributed by atoms with van der Waals surface area (Å²) in [4.78, 5) is 43.8. The first-order valence-electron chi connectivity index (χ1n) is 18.3. The number of fused-ring (bicyclic) bond motifs is 2. The first kappa shape index (κ1) is 35.6. The highest BCUT2D eigenvalue weighted by Gasteiger charge is 2.32. The Morgan fingerprint density at radius 3 is 2.50 bits per heavy atom. The van der Waals surface area contributed by atoms with E-state index in [-0.39, 0.29) is 24.3 Å². The molecule has 52 heavy (non-hydrogen) atoms. The minimum atomic E-state index is -0.461. The quantitative estimate of drug-likeness (QED) is 0.169. The number of carbonyl (C=O) groups excluding carboxylic acids is 3. The number of aldehydes is 1. The molecule has 0 radical (unpaired) electrons. The van der Waals surface area contributed by atoms with Crippen molar-refractivity contribution in [3.63, 3.8) is 0 Å². The van der Waals surface area contributed by atoms with Crippen LogP contribution in [0.15, 0.2) is 60.7 Å². The average Bonchev–Trinajstić information content (AvgIpc) is 3.43. The van der Waals surface area contributed by atoms with E-state index in [1.807, 2.05) is 47.7 Å². The van der Waals surface area contributed by atoms with E-state index in [0.717, 1.165) is 83.7 Å². The summed E-state index contributed by atoms with van der Waals surface area (Å²) >= 11 is 0. The Kier molecular flexibility index (Phi) is 10.0. The van der Waals surface area contributed by atoms with Gasteiger partial charge in [0.15, 0.2) is 6.29 Å². The van der Waals surface area contributed by atoms with Crippen molar-refractivity contribution >= 4 is 18.1 Å². The largest absolute Gasteiger partial charge is 0.488 e. The Hall–Kier alpha value is -4.80. The van der Waals surface area contributed by atoms with Crippen LogP contribution >= 0.6 is 0 Å². The fourth-order valence-corrected chi connectivity index (χ4v) is 7.84. The lowest BCUT2D eigenvalue weighted by Crippen LogP contribution is -2.53. The number of aromatic nitrogens is 1. The molecule has 0 aliphatic carbocycles. The molecule has 10 heteroatoms. The van der Waals surface area contributed by atoms with Gasteiger partial charge in [-0.3, -0.25) is 14.4 Å². The van der Waals surface area contributed by atoms with Crippen LogP contribution in [0.1, 0.15) is 61.2 Å². The summed E-state index contributed by atoms with van der Waals surface area (Å²) < 4.78 is 29.5. The highest BCUT2D eigenvalue weighted by Crippen LogP contribution is 2.35. The Morgan fingerprint density at radius 1 is 1.00 bits per heavy atom. The Balaban J connectivity index is 1.10. The van der Waals surface area contributed by atoms with Crippen LogP contribution in [0.3, 0.4) is 0 Å². The first-order chi connectivity index (χ1) is 25.0. The van der Waals surface area contributed by atoms with E-state index in [2.05, 4.69) is 32.2 Å². The third kappa shape index (κ3) is 7.14. The van der Waals surface area contributed by atoms with Crippen molar-refractivity contribution in [1.82, 2.24) is 14.4 Å². The molecule has 0 bridgehead atoms. The van der Waals surface area contributed by atoms with Crippen LogP contribution in [0, 0.1) is 12.7 Å². The summed E-state index contributed by atoms with van der Waals surface area (Å²) in [5.41, 5.74) is 8.21. The highest BCUT2D eigenvalue weighted by molar-refractivity contribution is 6.02. The van der Waals surface area contributed by atoms with Gasteiger partial charge in [-0.1, -0.05) is 30.3 Å². The fourth-order valence-electron chi connectivity index (χ4n) is 7.84. The summed E-state index contributed by atoms with van der Waals surface area (Å²) in [6.45, 7) is 9.91. The molecular formula is C42H48FN4O5+. The monoisotopic (exact) mass is 707 g/mol. The number of halogens is 1. The number of morpholine rings is 1. The number of benzene rings is 3. The van der Waals surface area contributed by atoms with Gasteiger partial charge in [0.1, 0.15) is 37.8 Å². The SMILES string of the molecule is Cc1c(C=O)cc(-c2cc3c(cc2C(=O)N2Cc4ccccc4CC2C)CN(C(=O)Cc2ccc(OCC[N+]4(C)CCOCC4)cc2F)CC3)n1C. The molecule has 272 valence electrons. The molecule has 0 spiro atoms. The van der Waals surface area contributed by atoms with Crippen LogP contribution in [-0.4, -0.2) is 96.0 Å². The predicted octanol–water partition coefficient (Wildman–Crippen LogP) is 5.52. The normalized spacial score (nSPS) is 18.1. The molecule has 1 fully saturated rings. The van der Waals surface area contributed by atoms with Gasteiger partial charge < -0.3 is 28.3 Å². The molecule has 3 aromatic carbocycles. The Bertz CT molecular complexity index is 2020. The van der Waals surface area contributed by atoms with Crippen LogP contribution < -0.4 is 4.74 Å². The van der Waals surface area contributed by atoms with Crippen molar-refractivity contribution in [3.05, 3.63) is 111 Å². The lowest BCUT2D eigenvalue weighted by atomic mass is 9.89. The summed E-state index contributed by atoms with van der Waals surface area (Å²) in [6, 6.07) is 18.8. The number of likely N-dealkylation sites (N-methyl/N-ethyl adjacent to an activating group) is 1. The topological polar surface area (TPSA) is 81.1 Å². The number of hydrogen-bond donors (Lipinski definition) is 0. The summed E-state index contributed by atoms with van der Waals surface area (Å²) in [5.74, 6) is -0.263. The van der Waals surface area contributed by atoms with Gasteiger partial charge in [-0.05, 0) is 78.8 Å². The molecule has 0 saturated carbocycles. The number of hydrogen-bond acceptors (Lipinski definition) is 5. The van der Waals surface area contributed by atoms with E-state index in [9.17, 15) is 14.4 Å². The van der Waals surface area contributed by atoms with E-state index in [1.54, 1.807) is 17.0 Å². The third-order valence-electron chi connectivity index (χ3n) is 11.5. The molecule has 9 nitrogen and oxygen atoms in total. The predicted molar refractivity (Wildman–Crippen MR) is 197 cm³/mol. The maximum absolute atomic E-state index is 15.3. The van der Waals surface area contributed by atoms with Gasteiger partial charge in [-0.15, -0.1) is 0 Å². The maximum Gasteiger partial charge on any atom is 0.255 e. The lowest BCUT2D eigenvalue weighted by molar-refractivity contribution is -0.916. The second-order valence-electron chi connectivity index (χ2n) is 14.9. The molecule has 1 saturated heterocycles. The zero-order chi connectivity index (χ0) is 36.6. The second kappa shape index (κ2) is 14.7. The van der Waals surface area contributed by atoms with Crippen LogP contribution in [0.2, 0.25) is 0 Å². The van der Waals surface area contributed by atoms with Gasteiger partial charge in [0, 0.05) is 66.9 Å². The molecule has 7 rings (SSSR count). The number of carbonyl (C=O) groups is 3. The maximum atomic E-state index is 15.3. The standard InChI is InChI=1S/C42H48FN4O5/c1-28-19-30-7-5-6-8-33(30)26-46(28)42(50)38-21-34-25-45(12-11-31(34)20-37(38)40-22-35(27-48)29(2)44(40)3)41(49)23-32-9-10-36(24-39(32)43)52-18-15-47(4)13-16-51-17-14-47/h5-10,20-22,24,27-28H,11-19,23,25-26H2,1-4H3/q+1. The molecule has 2 amide bonds. The molecule has 4 aromatic rings. The molecular weight excluding hydrogens is 659 g/mol. The van der Waals surface area contributed by atoms with Gasteiger partial charge in [0.05, 0.1) is 26.7 Å². The molecule has 1 atom stereocenters. The number of rotatable bonds is 9. The van der Waals surface area contributed by atoms with Gasteiger partial charge in [0.2, 0.25) is 5.91 Å². The fraction of sp³-hybridized carbons (Fsp3) is 0.405. The van der Waals surface area contributed by atoms with Gasteiger partial charge in [-0.25, -0.2) is 4.39 Å². The average molecular weight is 708 g/mol. The number of ether oxygens (including phenoxy) is 2. The first-order valence-corrected chi connectivity index (χ1v) is 18.3. The summed E-state index contributed by atoms with van der Waals surface area (Å²) in [7, 11) is 4.09. The smallest absolute Gasteiger partial charge is 0.255 e. The van der Waals surface area contributed by atoms with Crippen molar-refractivity contribution in [2.45, 2.75) is 52.2 Å². The van der Waals surface area contributed by atoms with E-state index in [0.29, 0.717) is 55.1 Å². The van der Waals surface area contributed by atoms with Crippen molar-refractivity contribution < 1.29 is 32.7 Å². The van der Waals surface area contributed by atoms with Gasteiger partial charge in [-0.2, -0.15) is 0 Å². The Morgan fingerprint density at radius 2 is 1.77 bits per heavy atom. The van der Waals surface area contributed by atoms with Gasteiger partial charge in [0.25, 0.3) is 5.91 Å². The van der Waals surface area contributed by atoms with E-state index >= 15 is 4.39 Å². The number of nitrogens with zero attached hydrogens (tertiary/aromatic N) is 4. The van der Waals surface area contributed by atoms with Crippen LogP contribution in [0.4, 0.5) is 4.39 Å². The van der Waals surface area contributed by atoms with Crippen LogP contribution in [0.25, 0.3) is 11.3 Å². The van der Waals surface area contributed by atoms with E-state index < -0.39 is 5.82 Å². The zero-order valence-corrected chi connectivity index (χ0v) is 30.6. The molecule has 3 aliphatic heterocycles. The number of amides is 2. The highest BCUT2D eigenvalue weighted by atomic mass is 19.1. The lowest BCUT2D eigenvalue weighted by Gasteiger charge is -2.37. The summed E-state index contributed by atoms with van der Waals surface area (Å²) in [5, 5.41) is 0. The minimum absolute atomic E-state index is 0.00818. The number of quaternary nitrogens is 1. The minimum Gasteiger partial charge on any atom is -0.488 e. The third-order valence-corrected chi connectivity index (χ3v) is 11.5. The zero-order valence-electron chi connectivity index (χ0n) is 30.6. The van der Waals surface area contributed by atoms with E-state index in [4.69, 9.17) is 9.47 Å². The molecule has 1 unspecified atom stereocenters. The molecule has 0 N–H and O–H groups in total.